The average Bonchev–Trinajstić information content (AvgIpc) is 2.21. The van der Waals surface area contributed by atoms with Gasteiger partial charge in [-0.2, -0.15) is 0 Å². The topological polar surface area (TPSA) is 87.0 Å². The molecule has 0 aromatic rings. The third-order valence-corrected chi connectivity index (χ3v) is 2.39. The lowest BCUT2D eigenvalue weighted by Crippen LogP contribution is -2.38. The standard InChI is InChI=1S/C10H16O5/c1-6-4-7(10(14)15-5-6)9(13)8(12)2-3-11/h5,7-8,10-12,14H,2-4H2,1H3. The summed E-state index contributed by atoms with van der Waals surface area (Å²) < 4.78 is 4.85. The van der Waals surface area contributed by atoms with E-state index in [2.05, 4.69) is 0 Å². The summed E-state index contributed by atoms with van der Waals surface area (Å²) in [6.07, 6.45) is -0.654. The second-order valence-electron chi connectivity index (χ2n) is 3.73. The molecule has 3 unspecified atom stereocenters. The molecule has 0 fully saturated rings. The van der Waals surface area contributed by atoms with Gasteiger partial charge in [0.2, 0.25) is 6.29 Å². The van der Waals surface area contributed by atoms with Crippen LogP contribution in [-0.4, -0.2) is 40.1 Å². The lowest BCUT2D eigenvalue weighted by Gasteiger charge is -2.27. The van der Waals surface area contributed by atoms with Crippen molar-refractivity contribution in [2.24, 2.45) is 5.92 Å². The van der Waals surface area contributed by atoms with E-state index in [1.165, 1.54) is 6.26 Å². The number of aliphatic hydroxyl groups excluding tert-OH is 3. The molecule has 0 aliphatic carbocycles. The smallest absolute Gasteiger partial charge is 0.206 e. The van der Waals surface area contributed by atoms with Crippen molar-refractivity contribution in [2.45, 2.75) is 32.2 Å². The van der Waals surface area contributed by atoms with Gasteiger partial charge in [-0.1, -0.05) is 0 Å². The molecular weight excluding hydrogens is 200 g/mol. The molecule has 0 bridgehead atoms. The van der Waals surface area contributed by atoms with Crippen LogP contribution in [0.1, 0.15) is 19.8 Å². The molecular formula is C10H16O5. The minimum Gasteiger partial charge on any atom is -0.472 e. The number of rotatable bonds is 4. The van der Waals surface area contributed by atoms with E-state index in [0.29, 0.717) is 6.42 Å². The summed E-state index contributed by atoms with van der Waals surface area (Å²) in [5, 5.41) is 27.4. The largest absolute Gasteiger partial charge is 0.472 e. The van der Waals surface area contributed by atoms with E-state index in [1.54, 1.807) is 6.92 Å². The zero-order valence-corrected chi connectivity index (χ0v) is 8.59. The Hall–Kier alpha value is -0.910. The van der Waals surface area contributed by atoms with Gasteiger partial charge in [-0.05, 0) is 18.9 Å². The number of Topliss-reactive ketones (excluding diaryl/α,β-unsaturated/α-hetero) is 1. The third kappa shape index (κ3) is 3.02. The molecule has 0 aromatic heterocycles. The second kappa shape index (κ2) is 5.25. The summed E-state index contributed by atoms with van der Waals surface area (Å²) in [6, 6.07) is 0. The normalized spacial score (nSPS) is 27.9. The Balaban J connectivity index is 2.62. The van der Waals surface area contributed by atoms with E-state index in [1.807, 2.05) is 0 Å². The first-order valence-corrected chi connectivity index (χ1v) is 4.88. The van der Waals surface area contributed by atoms with Gasteiger partial charge in [-0.25, -0.2) is 0 Å². The number of ether oxygens (including phenoxy) is 1. The summed E-state index contributed by atoms with van der Waals surface area (Å²) in [5.74, 6) is -1.22. The van der Waals surface area contributed by atoms with Crippen LogP contribution >= 0.6 is 0 Å². The van der Waals surface area contributed by atoms with E-state index in [0.717, 1.165) is 5.57 Å². The van der Waals surface area contributed by atoms with Crippen molar-refractivity contribution >= 4 is 5.78 Å². The molecule has 0 saturated carbocycles. The molecule has 5 nitrogen and oxygen atoms in total. The van der Waals surface area contributed by atoms with E-state index in [9.17, 15) is 15.0 Å². The fraction of sp³-hybridized carbons (Fsp3) is 0.700. The molecule has 0 saturated heterocycles. The van der Waals surface area contributed by atoms with Gasteiger partial charge in [0.05, 0.1) is 12.2 Å². The number of carbonyl (C=O) groups excluding carboxylic acids is 1. The number of hydrogen-bond acceptors (Lipinski definition) is 5. The second-order valence-corrected chi connectivity index (χ2v) is 3.73. The summed E-state index contributed by atoms with van der Waals surface area (Å²) in [7, 11) is 0. The quantitative estimate of drug-likeness (QED) is 0.593. The van der Waals surface area contributed by atoms with Crippen molar-refractivity contribution in [3.05, 3.63) is 11.8 Å². The zero-order chi connectivity index (χ0) is 11.4. The zero-order valence-electron chi connectivity index (χ0n) is 8.59. The summed E-state index contributed by atoms with van der Waals surface area (Å²) in [5.41, 5.74) is 0.842. The van der Waals surface area contributed by atoms with Crippen molar-refractivity contribution in [1.82, 2.24) is 0 Å². The van der Waals surface area contributed by atoms with Crippen LogP contribution in [0.4, 0.5) is 0 Å². The minimum absolute atomic E-state index is 0.00911. The van der Waals surface area contributed by atoms with E-state index in [4.69, 9.17) is 9.84 Å². The summed E-state index contributed by atoms with van der Waals surface area (Å²) in [6.45, 7) is 1.52. The molecule has 1 aliphatic rings. The van der Waals surface area contributed by atoms with Crippen LogP contribution in [0.2, 0.25) is 0 Å². The molecule has 86 valence electrons. The third-order valence-electron chi connectivity index (χ3n) is 2.39. The Labute approximate surface area is 88.0 Å². The minimum atomic E-state index is -1.23. The molecule has 1 rings (SSSR count). The van der Waals surface area contributed by atoms with E-state index >= 15 is 0 Å². The molecule has 3 atom stereocenters. The van der Waals surface area contributed by atoms with Crippen molar-refractivity contribution < 1.29 is 24.9 Å². The Kier molecular flexibility index (Phi) is 4.26. The van der Waals surface area contributed by atoms with Gasteiger partial charge < -0.3 is 20.1 Å². The molecule has 0 aromatic carbocycles. The molecule has 1 aliphatic heterocycles. The highest BCUT2D eigenvalue weighted by atomic mass is 16.6. The number of carbonyl (C=O) groups is 1. The van der Waals surface area contributed by atoms with E-state index < -0.39 is 24.1 Å². The predicted octanol–water partition coefficient (Wildman–Crippen LogP) is -0.443. The Morgan fingerprint density at radius 3 is 3.00 bits per heavy atom. The maximum atomic E-state index is 11.6. The molecule has 1 heterocycles. The monoisotopic (exact) mass is 216 g/mol. The first kappa shape index (κ1) is 12.2. The van der Waals surface area contributed by atoms with Gasteiger partial charge in [0.25, 0.3) is 0 Å². The van der Waals surface area contributed by atoms with Crippen molar-refractivity contribution in [2.75, 3.05) is 6.61 Å². The van der Waals surface area contributed by atoms with Gasteiger partial charge in [0.1, 0.15) is 6.10 Å². The Morgan fingerprint density at radius 1 is 1.73 bits per heavy atom. The summed E-state index contributed by atoms with van der Waals surface area (Å²) in [4.78, 5) is 11.6. The lowest BCUT2D eigenvalue weighted by molar-refractivity contribution is -0.152. The van der Waals surface area contributed by atoms with Crippen LogP contribution < -0.4 is 0 Å². The number of aliphatic hydroxyl groups is 3. The highest BCUT2D eigenvalue weighted by Crippen LogP contribution is 2.24. The summed E-state index contributed by atoms with van der Waals surface area (Å²) >= 11 is 0. The Morgan fingerprint density at radius 2 is 2.40 bits per heavy atom. The molecule has 5 heteroatoms. The van der Waals surface area contributed by atoms with Crippen LogP contribution in [-0.2, 0) is 9.53 Å². The maximum Gasteiger partial charge on any atom is 0.206 e. The predicted molar refractivity (Wildman–Crippen MR) is 51.7 cm³/mol. The SMILES string of the molecule is CC1=COC(O)C(C(=O)C(O)CCO)C1. The van der Waals surface area contributed by atoms with Crippen molar-refractivity contribution in [3.8, 4) is 0 Å². The van der Waals surface area contributed by atoms with Gasteiger partial charge >= 0.3 is 0 Å². The van der Waals surface area contributed by atoms with Gasteiger partial charge in [0.15, 0.2) is 5.78 Å². The van der Waals surface area contributed by atoms with Crippen LogP contribution in [0.15, 0.2) is 11.8 Å². The molecule has 15 heavy (non-hydrogen) atoms. The fourth-order valence-corrected chi connectivity index (χ4v) is 1.53. The highest BCUT2D eigenvalue weighted by Gasteiger charge is 2.34. The molecule has 0 radical (unpaired) electrons. The van der Waals surface area contributed by atoms with Crippen molar-refractivity contribution in [3.63, 3.8) is 0 Å². The first-order chi connectivity index (χ1) is 7.06. The first-order valence-electron chi connectivity index (χ1n) is 4.88. The average molecular weight is 216 g/mol. The molecule has 0 spiro atoms. The van der Waals surface area contributed by atoms with Crippen LogP contribution in [0.3, 0.4) is 0 Å². The fourth-order valence-electron chi connectivity index (χ4n) is 1.53. The number of allylic oxidation sites excluding steroid dienone is 1. The highest BCUT2D eigenvalue weighted by molar-refractivity contribution is 5.85. The number of hydrogen-bond donors (Lipinski definition) is 3. The maximum absolute atomic E-state index is 11.6. The van der Waals surface area contributed by atoms with Crippen LogP contribution in [0.25, 0.3) is 0 Å². The van der Waals surface area contributed by atoms with Gasteiger partial charge in [-0.3, -0.25) is 4.79 Å². The van der Waals surface area contributed by atoms with Gasteiger partial charge in [0, 0.05) is 13.0 Å². The lowest BCUT2D eigenvalue weighted by atomic mass is 9.90. The Bertz CT molecular complexity index is 261. The van der Waals surface area contributed by atoms with Crippen molar-refractivity contribution in [1.29, 1.82) is 0 Å². The van der Waals surface area contributed by atoms with E-state index in [-0.39, 0.29) is 13.0 Å². The van der Waals surface area contributed by atoms with Crippen LogP contribution in [0, 0.1) is 5.92 Å². The molecule has 3 N–H and O–H groups in total. The van der Waals surface area contributed by atoms with Crippen LogP contribution in [0.5, 0.6) is 0 Å². The number of ketones is 1. The van der Waals surface area contributed by atoms with Gasteiger partial charge in [-0.15, -0.1) is 0 Å². The molecule has 0 amide bonds.